The highest BCUT2D eigenvalue weighted by atomic mass is 79.9. The monoisotopic (exact) mass is 299 g/mol. The van der Waals surface area contributed by atoms with Crippen molar-refractivity contribution in [2.75, 3.05) is 6.54 Å². The first kappa shape index (κ1) is 14.5. The fourth-order valence-electron chi connectivity index (χ4n) is 1.47. The zero-order valence-corrected chi connectivity index (χ0v) is 12.7. The first-order valence-electron chi connectivity index (χ1n) is 6.19. The summed E-state index contributed by atoms with van der Waals surface area (Å²) in [6.45, 7) is 9.41. The maximum atomic E-state index is 5.93. The number of ether oxygens (including phenoxy) is 1. The molecule has 1 aromatic rings. The lowest BCUT2D eigenvalue weighted by Gasteiger charge is -2.19. The molecule has 0 radical (unpaired) electrons. The minimum absolute atomic E-state index is 0.178. The van der Waals surface area contributed by atoms with Gasteiger partial charge in [-0.2, -0.15) is 0 Å². The summed E-state index contributed by atoms with van der Waals surface area (Å²) in [6.07, 6.45) is 1.32. The molecule has 0 aliphatic heterocycles. The molecule has 17 heavy (non-hydrogen) atoms. The molecule has 0 spiro atoms. The van der Waals surface area contributed by atoms with Crippen LogP contribution >= 0.6 is 15.9 Å². The Kier molecular flexibility index (Phi) is 6.00. The molecule has 3 heteroatoms. The first-order chi connectivity index (χ1) is 8.02. The second-order valence-electron chi connectivity index (χ2n) is 4.56. The molecule has 0 saturated heterocycles. The van der Waals surface area contributed by atoms with Gasteiger partial charge in [0.2, 0.25) is 0 Å². The predicted octanol–water partition coefficient (Wildman–Crippen LogP) is 3.91. The van der Waals surface area contributed by atoms with Gasteiger partial charge in [-0.05, 0) is 44.9 Å². The van der Waals surface area contributed by atoms with Gasteiger partial charge in [0.05, 0.1) is 0 Å². The van der Waals surface area contributed by atoms with Crippen LogP contribution in [0.25, 0.3) is 0 Å². The maximum Gasteiger partial charge on any atom is 0.123 e. The highest BCUT2D eigenvalue weighted by Crippen LogP contribution is 2.23. The van der Waals surface area contributed by atoms with Gasteiger partial charge < -0.3 is 10.1 Å². The summed E-state index contributed by atoms with van der Waals surface area (Å²) in [5, 5.41) is 3.45. The van der Waals surface area contributed by atoms with Crippen LogP contribution in [0.15, 0.2) is 22.7 Å². The van der Waals surface area contributed by atoms with Crippen LogP contribution in [0.2, 0.25) is 0 Å². The molecular weight excluding hydrogens is 278 g/mol. The van der Waals surface area contributed by atoms with Crippen molar-refractivity contribution < 1.29 is 4.74 Å². The highest BCUT2D eigenvalue weighted by molar-refractivity contribution is 9.10. The molecule has 0 saturated carbocycles. The van der Waals surface area contributed by atoms with Crippen LogP contribution in [0.4, 0.5) is 0 Å². The smallest absolute Gasteiger partial charge is 0.123 e. The highest BCUT2D eigenvalue weighted by Gasteiger charge is 2.08. The number of benzene rings is 1. The van der Waals surface area contributed by atoms with E-state index in [-0.39, 0.29) is 6.10 Å². The molecule has 1 aromatic carbocycles. The average molecular weight is 300 g/mol. The molecule has 96 valence electrons. The van der Waals surface area contributed by atoms with E-state index in [1.165, 1.54) is 5.56 Å². The van der Waals surface area contributed by atoms with Gasteiger partial charge in [-0.1, -0.05) is 28.9 Å². The zero-order chi connectivity index (χ0) is 12.8. The van der Waals surface area contributed by atoms with Gasteiger partial charge in [0.15, 0.2) is 0 Å². The van der Waals surface area contributed by atoms with E-state index in [0.717, 1.165) is 23.2 Å². The molecule has 0 fully saturated rings. The number of aryl methyl sites for hydroxylation is 1. The average Bonchev–Trinajstić information content (AvgIpc) is 2.30. The number of halogens is 1. The van der Waals surface area contributed by atoms with Crippen molar-refractivity contribution >= 4 is 15.9 Å². The van der Waals surface area contributed by atoms with Crippen LogP contribution in [0, 0.1) is 6.92 Å². The first-order valence-corrected chi connectivity index (χ1v) is 6.98. The van der Waals surface area contributed by atoms with Crippen LogP contribution in [-0.2, 0) is 0 Å². The van der Waals surface area contributed by atoms with E-state index in [4.69, 9.17) is 4.74 Å². The Bertz CT molecular complexity index is 354. The third-order valence-electron chi connectivity index (χ3n) is 2.84. The molecule has 1 N–H and O–H groups in total. The molecule has 0 heterocycles. The van der Waals surface area contributed by atoms with Gasteiger partial charge >= 0.3 is 0 Å². The molecule has 0 aliphatic carbocycles. The van der Waals surface area contributed by atoms with Crippen molar-refractivity contribution in [2.45, 2.75) is 46.3 Å². The van der Waals surface area contributed by atoms with Gasteiger partial charge in [0, 0.05) is 17.1 Å². The van der Waals surface area contributed by atoms with E-state index in [9.17, 15) is 0 Å². The summed E-state index contributed by atoms with van der Waals surface area (Å²) in [7, 11) is 0. The van der Waals surface area contributed by atoms with Crippen LogP contribution in [0.5, 0.6) is 5.75 Å². The van der Waals surface area contributed by atoms with Crippen molar-refractivity contribution in [1.29, 1.82) is 0 Å². The molecule has 2 unspecified atom stereocenters. The van der Waals surface area contributed by atoms with E-state index < -0.39 is 0 Å². The molecule has 2 nitrogen and oxygen atoms in total. The van der Waals surface area contributed by atoms with Crippen LogP contribution in [-0.4, -0.2) is 18.7 Å². The lowest BCUT2D eigenvalue weighted by Crippen LogP contribution is -2.34. The largest absolute Gasteiger partial charge is 0.489 e. The number of rotatable bonds is 6. The van der Waals surface area contributed by atoms with E-state index >= 15 is 0 Å². The summed E-state index contributed by atoms with van der Waals surface area (Å²) < 4.78 is 6.98. The van der Waals surface area contributed by atoms with Gasteiger partial charge in [-0.3, -0.25) is 0 Å². The van der Waals surface area contributed by atoms with Gasteiger partial charge in [0.1, 0.15) is 11.9 Å². The van der Waals surface area contributed by atoms with E-state index in [2.05, 4.69) is 55.0 Å². The Hall–Kier alpha value is -0.540. The van der Waals surface area contributed by atoms with Gasteiger partial charge in [-0.15, -0.1) is 0 Å². The number of hydrogen-bond acceptors (Lipinski definition) is 2. The number of hydrogen-bond donors (Lipinski definition) is 1. The van der Waals surface area contributed by atoms with Crippen molar-refractivity contribution in [2.24, 2.45) is 0 Å². The minimum atomic E-state index is 0.178. The molecule has 0 bridgehead atoms. The van der Waals surface area contributed by atoms with Gasteiger partial charge in [-0.25, -0.2) is 0 Å². The fraction of sp³-hybridized carbons (Fsp3) is 0.571. The van der Waals surface area contributed by atoms with Crippen LogP contribution in [0.3, 0.4) is 0 Å². The topological polar surface area (TPSA) is 21.3 Å². The molecule has 0 amide bonds. The van der Waals surface area contributed by atoms with Crippen molar-refractivity contribution in [3.05, 3.63) is 28.2 Å². The molecule has 0 aromatic heterocycles. The van der Waals surface area contributed by atoms with E-state index in [1.54, 1.807) is 0 Å². The molecule has 0 aliphatic rings. The minimum Gasteiger partial charge on any atom is -0.489 e. The summed E-state index contributed by atoms with van der Waals surface area (Å²) >= 11 is 3.46. The summed E-state index contributed by atoms with van der Waals surface area (Å²) in [5.41, 5.74) is 1.17. The Labute approximate surface area is 113 Å². The van der Waals surface area contributed by atoms with Crippen molar-refractivity contribution in [3.8, 4) is 5.75 Å². The van der Waals surface area contributed by atoms with E-state index in [0.29, 0.717) is 6.04 Å². The third kappa shape index (κ3) is 5.09. The molecule has 1 rings (SSSR count). The second kappa shape index (κ2) is 7.02. The van der Waals surface area contributed by atoms with E-state index in [1.807, 2.05) is 12.1 Å². The summed E-state index contributed by atoms with van der Waals surface area (Å²) in [6, 6.07) is 6.66. The van der Waals surface area contributed by atoms with Crippen molar-refractivity contribution in [3.63, 3.8) is 0 Å². The standard InChI is InChI=1S/C14H22BrNO/c1-5-11(3)16-9-12(4)17-14-8-13(15)7-6-10(14)2/h6-8,11-12,16H,5,9H2,1-4H3. The lowest BCUT2D eigenvalue weighted by atomic mass is 10.2. The number of nitrogens with one attached hydrogen (secondary N) is 1. The van der Waals surface area contributed by atoms with Crippen LogP contribution < -0.4 is 10.1 Å². The van der Waals surface area contributed by atoms with Crippen molar-refractivity contribution in [1.82, 2.24) is 5.32 Å². The third-order valence-corrected chi connectivity index (χ3v) is 3.34. The normalized spacial score (nSPS) is 14.4. The fourth-order valence-corrected chi connectivity index (χ4v) is 1.81. The zero-order valence-electron chi connectivity index (χ0n) is 11.1. The Morgan fingerprint density at radius 1 is 1.35 bits per heavy atom. The Morgan fingerprint density at radius 2 is 2.06 bits per heavy atom. The van der Waals surface area contributed by atoms with Gasteiger partial charge in [0.25, 0.3) is 0 Å². The summed E-state index contributed by atoms with van der Waals surface area (Å²) in [4.78, 5) is 0. The molecule has 2 atom stereocenters. The predicted molar refractivity (Wildman–Crippen MR) is 76.7 cm³/mol. The SMILES string of the molecule is CCC(C)NCC(C)Oc1cc(Br)ccc1C. The van der Waals surface area contributed by atoms with Crippen LogP contribution in [0.1, 0.15) is 32.8 Å². The Morgan fingerprint density at radius 3 is 2.71 bits per heavy atom. The Balaban J connectivity index is 2.50. The molecular formula is C14H22BrNO. The second-order valence-corrected chi connectivity index (χ2v) is 5.47. The summed E-state index contributed by atoms with van der Waals surface area (Å²) in [5.74, 6) is 0.956. The maximum absolute atomic E-state index is 5.93. The lowest BCUT2D eigenvalue weighted by molar-refractivity contribution is 0.210. The quantitative estimate of drug-likeness (QED) is 0.860.